The van der Waals surface area contributed by atoms with Crippen LogP contribution in [0.5, 0.6) is 0 Å². The average molecular weight is 287 g/mol. The van der Waals surface area contributed by atoms with Crippen LogP contribution < -0.4 is 5.32 Å². The number of carbonyl (C=O) groups excluding carboxylic acids is 1. The lowest BCUT2D eigenvalue weighted by atomic mass is 10.0. The fraction of sp³-hybridized carbons (Fsp3) is 0.235. The molecule has 0 aliphatic heterocycles. The average Bonchev–Trinajstić information content (AvgIpc) is 2.47. The topological polar surface area (TPSA) is 49.3 Å². The number of benzene rings is 2. The van der Waals surface area contributed by atoms with Crippen LogP contribution in [0.1, 0.15) is 23.6 Å². The third-order valence-corrected chi connectivity index (χ3v) is 3.21. The number of halogens is 1. The Morgan fingerprint density at radius 1 is 1.14 bits per heavy atom. The fourth-order valence-corrected chi connectivity index (χ4v) is 2.21. The fourth-order valence-electron chi connectivity index (χ4n) is 2.21. The second-order valence-corrected chi connectivity index (χ2v) is 4.85. The van der Waals surface area contributed by atoms with Gasteiger partial charge in [-0.1, -0.05) is 42.5 Å². The molecular formula is C17H18FNO2. The van der Waals surface area contributed by atoms with Gasteiger partial charge in [-0.15, -0.1) is 0 Å². The Kier molecular flexibility index (Phi) is 5.46. The highest BCUT2D eigenvalue weighted by molar-refractivity contribution is 5.79. The first-order valence-electron chi connectivity index (χ1n) is 6.88. The highest BCUT2D eigenvalue weighted by Crippen LogP contribution is 2.16. The summed E-state index contributed by atoms with van der Waals surface area (Å²) in [6.07, 6.45) is 0.561. The molecule has 0 fully saturated rings. The maximum Gasteiger partial charge on any atom is 0.224 e. The lowest BCUT2D eigenvalue weighted by Crippen LogP contribution is -2.30. The van der Waals surface area contributed by atoms with Crippen molar-refractivity contribution in [1.82, 2.24) is 5.32 Å². The monoisotopic (exact) mass is 287 g/mol. The molecule has 0 bridgehead atoms. The van der Waals surface area contributed by atoms with Crippen molar-refractivity contribution < 1.29 is 14.3 Å². The minimum atomic E-state index is -0.352. The van der Waals surface area contributed by atoms with E-state index in [9.17, 15) is 9.18 Å². The van der Waals surface area contributed by atoms with Crippen LogP contribution in [0, 0.1) is 5.82 Å². The number of carbonyl (C=O) groups is 1. The zero-order valence-electron chi connectivity index (χ0n) is 11.6. The van der Waals surface area contributed by atoms with Gasteiger partial charge in [0.25, 0.3) is 0 Å². The van der Waals surface area contributed by atoms with Gasteiger partial charge in [0.15, 0.2) is 0 Å². The van der Waals surface area contributed by atoms with Gasteiger partial charge in [0.05, 0.1) is 12.5 Å². The minimum Gasteiger partial charge on any atom is -0.396 e. The van der Waals surface area contributed by atoms with Crippen LogP contribution in [0.25, 0.3) is 0 Å². The molecule has 2 N–H and O–H groups in total. The molecule has 2 aromatic rings. The number of hydrogen-bond donors (Lipinski definition) is 2. The van der Waals surface area contributed by atoms with Crippen LogP contribution in [-0.4, -0.2) is 17.6 Å². The van der Waals surface area contributed by atoms with E-state index in [0.717, 1.165) is 5.56 Å². The molecule has 0 radical (unpaired) electrons. The normalized spacial score (nSPS) is 11.9. The summed E-state index contributed by atoms with van der Waals surface area (Å²) in [6, 6.07) is 15.2. The van der Waals surface area contributed by atoms with E-state index in [1.54, 1.807) is 12.1 Å². The Morgan fingerprint density at radius 3 is 2.57 bits per heavy atom. The van der Waals surface area contributed by atoms with E-state index in [1.165, 1.54) is 12.1 Å². The predicted molar refractivity (Wildman–Crippen MR) is 79.1 cm³/mol. The van der Waals surface area contributed by atoms with Crippen LogP contribution in [0.15, 0.2) is 54.6 Å². The summed E-state index contributed by atoms with van der Waals surface area (Å²) in [5.41, 5.74) is 1.57. The number of amides is 1. The summed E-state index contributed by atoms with van der Waals surface area (Å²) in [5.74, 6) is -0.543. The van der Waals surface area contributed by atoms with Crippen molar-refractivity contribution >= 4 is 5.91 Å². The summed E-state index contributed by atoms with van der Waals surface area (Å²) < 4.78 is 13.1. The quantitative estimate of drug-likeness (QED) is 0.858. The molecule has 0 aromatic heterocycles. The van der Waals surface area contributed by atoms with Crippen LogP contribution >= 0.6 is 0 Å². The standard InChI is InChI=1S/C17H18FNO2/c18-15-8-4-5-13(11-15)12-17(21)19-16(9-10-20)14-6-2-1-3-7-14/h1-8,11,16,20H,9-10,12H2,(H,19,21). The zero-order valence-corrected chi connectivity index (χ0v) is 11.6. The molecule has 0 aliphatic rings. The van der Waals surface area contributed by atoms with Crippen LogP contribution in [0.2, 0.25) is 0 Å². The predicted octanol–water partition coefficient (Wildman–Crippen LogP) is 2.61. The van der Waals surface area contributed by atoms with E-state index < -0.39 is 0 Å². The van der Waals surface area contributed by atoms with E-state index in [1.807, 2.05) is 30.3 Å². The van der Waals surface area contributed by atoms with E-state index >= 15 is 0 Å². The van der Waals surface area contributed by atoms with Crippen molar-refractivity contribution in [2.45, 2.75) is 18.9 Å². The number of aliphatic hydroxyl groups is 1. The van der Waals surface area contributed by atoms with Crippen molar-refractivity contribution in [3.8, 4) is 0 Å². The number of aliphatic hydroxyl groups excluding tert-OH is 1. The molecule has 21 heavy (non-hydrogen) atoms. The Labute approximate surface area is 123 Å². The molecule has 1 atom stereocenters. The minimum absolute atomic E-state index is 0.0141. The highest BCUT2D eigenvalue weighted by Gasteiger charge is 2.14. The second kappa shape index (κ2) is 7.55. The molecular weight excluding hydrogens is 269 g/mol. The molecule has 1 unspecified atom stereocenters. The van der Waals surface area contributed by atoms with Crippen LogP contribution in [0.4, 0.5) is 4.39 Å². The molecule has 110 valence electrons. The van der Waals surface area contributed by atoms with Crippen LogP contribution in [0.3, 0.4) is 0 Å². The first kappa shape index (κ1) is 15.2. The summed E-state index contributed by atoms with van der Waals surface area (Å²) in [5, 5.41) is 12.0. The molecule has 1 amide bonds. The van der Waals surface area contributed by atoms with Gasteiger partial charge in [-0.3, -0.25) is 4.79 Å². The van der Waals surface area contributed by atoms with Gasteiger partial charge in [0.2, 0.25) is 5.91 Å². The van der Waals surface area contributed by atoms with Crippen molar-refractivity contribution in [2.75, 3.05) is 6.61 Å². The molecule has 2 aromatic carbocycles. The van der Waals surface area contributed by atoms with E-state index in [4.69, 9.17) is 5.11 Å². The maximum absolute atomic E-state index is 13.1. The highest BCUT2D eigenvalue weighted by atomic mass is 19.1. The number of rotatable bonds is 6. The van der Waals surface area contributed by atoms with Crippen molar-refractivity contribution in [2.24, 2.45) is 0 Å². The molecule has 0 heterocycles. The van der Waals surface area contributed by atoms with Gasteiger partial charge in [-0.05, 0) is 29.7 Å². The molecule has 0 saturated heterocycles. The molecule has 0 aliphatic carbocycles. The number of hydrogen-bond acceptors (Lipinski definition) is 2. The first-order chi connectivity index (χ1) is 10.2. The molecule has 2 rings (SSSR count). The van der Waals surface area contributed by atoms with Gasteiger partial charge < -0.3 is 10.4 Å². The molecule has 0 spiro atoms. The smallest absolute Gasteiger partial charge is 0.224 e. The van der Waals surface area contributed by atoms with Crippen LogP contribution in [-0.2, 0) is 11.2 Å². The van der Waals surface area contributed by atoms with Gasteiger partial charge in [-0.2, -0.15) is 0 Å². The van der Waals surface area contributed by atoms with Gasteiger partial charge in [-0.25, -0.2) is 4.39 Å². The Morgan fingerprint density at radius 2 is 1.90 bits per heavy atom. The van der Waals surface area contributed by atoms with Gasteiger partial charge in [0.1, 0.15) is 5.82 Å². The van der Waals surface area contributed by atoms with Crippen molar-refractivity contribution in [1.29, 1.82) is 0 Å². The van der Waals surface area contributed by atoms with Gasteiger partial charge >= 0.3 is 0 Å². The third-order valence-electron chi connectivity index (χ3n) is 3.21. The Balaban J connectivity index is 2.02. The van der Waals surface area contributed by atoms with E-state index in [0.29, 0.717) is 12.0 Å². The Bertz CT molecular complexity index is 586. The summed E-state index contributed by atoms with van der Waals surface area (Å²) in [7, 11) is 0. The Hall–Kier alpha value is -2.20. The number of nitrogens with one attached hydrogen (secondary N) is 1. The summed E-state index contributed by atoms with van der Waals surface area (Å²) in [6.45, 7) is -0.0141. The summed E-state index contributed by atoms with van der Waals surface area (Å²) in [4.78, 5) is 12.1. The van der Waals surface area contributed by atoms with E-state index in [2.05, 4.69) is 5.32 Å². The molecule has 0 saturated carbocycles. The second-order valence-electron chi connectivity index (χ2n) is 4.85. The SMILES string of the molecule is O=C(Cc1cccc(F)c1)NC(CCO)c1ccccc1. The lowest BCUT2D eigenvalue weighted by Gasteiger charge is -2.18. The molecule has 4 heteroatoms. The molecule has 3 nitrogen and oxygen atoms in total. The lowest BCUT2D eigenvalue weighted by molar-refractivity contribution is -0.121. The van der Waals surface area contributed by atoms with Gasteiger partial charge in [0, 0.05) is 6.61 Å². The zero-order chi connectivity index (χ0) is 15.1. The third kappa shape index (κ3) is 4.68. The maximum atomic E-state index is 13.1. The van der Waals surface area contributed by atoms with E-state index in [-0.39, 0.29) is 30.8 Å². The first-order valence-corrected chi connectivity index (χ1v) is 6.88. The van der Waals surface area contributed by atoms with Crippen molar-refractivity contribution in [3.05, 3.63) is 71.5 Å². The van der Waals surface area contributed by atoms with Crippen molar-refractivity contribution in [3.63, 3.8) is 0 Å². The summed E-state index contributed by atoms with van der Waals surface area (Å²) >= 11 is 0. The largest absolute Gasteiger partial charge is 0.396 e.